The number of amides is 1. The van der Waals surface area contributed by atoms with E-state index in [0.717, 1.165) is 12.8 Å². The molecule has 1 aliphatic rings. The summed E-state index contributed by atoms with van der Waals surface area (Å²) in [6, 6.07) is 0.166. The second-order valence-corrected chi connectivity index (χ2v) is 6.55. The summed E-state index contributed by atoms with van der Waals surface area (Å²) < 4.78 is 0. The minimum Gasteiger partial charge on any atom is -0.392 e. The maximum atomic E-state index is 12.6. The van der Waals surface area contributed by atoms with E-state index in [9.17, 15) is 9.90 Å². The Morgan fingerprint density at radius 3 is 2.06 bits per heavy atom. The third kappa shape index (κ3) is 4.27. The van der Waals surface area contributed by atoms with Gasteiger partial charge in [-0.15, -0.1) is 0 Å². The van der Waals surface area contributed by atoms with Gasteiger partial charge in [0.1, 0.15) is 0 Å². The maximum Gasteiger partial charge on any atom is 0.226 e. The molecule has 1 rings (SSSR count). The van der Waals surface area contributed by atoms with Crippen LogP contribution in [0.5, 0.6) is 0 Å². The van der Waals surface area contributed by atoms with Crippen molar-refractivity contribution in [1.82, 2.24) is 4.90 Å². The summed E-state index contributed by atoms with van der Waals surface area (Å²) in [6.07, 6.45) is 2.80. The third-order valence-corrected chi connectivity index (χ3v) is 3.90. The molecule has 0 saturated heterocycles. The van der Waals surface area contributed by atoms with E-state index in [2.05, 4.69) is 13.8 Å². The lowest BCUT2D eigenvalue weighted by atomic mass is 9.76. The van der Waals surface area contributed by atoms with E-state index < -0.39 is 6.10 Å². The monoisotopic (exact) mass is 255 g/mol. The lowest BCUT2D eigenvalue weighted by Gasteiger charge is -2.36. The fraction of sp³-hybridized carbons (Fsp3) is 0.933. The van der Waals surface area contributed by atoms with Crippen molar-refractivity contribution in [1.29, 1.82) is 0 Å². The van der Waals surface area contributed by atoms with Crippen molar-refractivity contribution in [2.75, 3.05) is 6.54 Å². The van der Waals surface area contributed by atoms with E-state index in [4.69, 9.17) is 0 Å². The van der Waals surface area contributed by atoms with E-state index in [0.29, 0.717) is 18.4 Å². The molecule has 0 aliphatic heterocycles. The van der Waals surface area contributed by atoms with Crippen LogP contribution in [0.3, 0.4) is 0 Å². The molecule has 3 nitrogen and oxygen atoms in total. The van der Waals surface area contributed by atoms with E-state index >= 15 is 0 Å². The van der Waals surface area contributed by atoms with Gasteiger partial charge < -0.3 is 10.0 Å². The summed E-state index contributed by atoms with van der Waals surface area (Å²) in [6.45, 7) is 10.7. The fourth-order valence-electron chi connectivity index (χ4n) is 3.22. The van der Waals surface area contributed by atoms with Crippen molar-refractivity contribution in [3.63, 3.8) is 0 Å². The SMILES string of the molecule is CC(O)CN(C(=O)C1CC(C)CC(C)C1)C(C)C. The van der Waals surface area contributed by atoms with Gasteiger partial charge in [-0.2, -0.15) is 0 Å². The highest BCUT2D eigenvalue weighted by Crippen LogP contribution is 2.34. The van der Waals surface area contributed by atoms with Crippen LogP contribution in [0.4, 0.5) is 0 Å². The smallest absolute Gasteiger partial charge is 0.226 e. The number of rotatable bonds is 4. The Balaban J connectivity index is 2.70. The van der Waals surface area contributed by atoms with Gasteiger partial charge in [0.25, 0.3) is 0 Å². The van der Waals surface area contributed by atoms with Crippen molar-refractivity contribution >= 4 is 5.91 Å². The van der Waals surface area contributed by atoms with Gasteiger partial charge in [0.15, 0.2) is 0 Å². The largest absolute Gasteiger partial charge is 0.392 e. The van der Waals surface area contributed by atoms with E-state index in [1.54, 1.807) is 6.92 Å². The van der Waals surface area contributed by atoms with Crippen molar-refractivity contribution in [2.45, 2.75) is 66.0 Å². The number of aliphatic hydroxyl groups is 1. The van der Waals surface area contributed by atoms with Crippen molar-refractivity contribution in [2.24, 2.45) is 17.8 Å². The van der Waals surface area contributed by atoms with Crippen LogP contribution >= 0.6 is 0 Å². The van der Waals surface area contributed by atoms with E-state index in [1.807, 2.05) is 18.7 Å². The minimum absolute atomic E-state index is 0.157. The van der Waals surface area contributed by atoms with Gasteiger partial charge in [-0.1, -0.05) is 13.8 Å². The number of hydrogen-bond donors (Lipinski definition) is 1. The standard InChI is InChI=1S/C15H29NO2/c1-10(2)16(9-13(5)17)15(18)14-7-11(3)6-12(4)8-14/h10-14,17H,6-9H2,1-5H3. The first-order chi connectivity index (χ1) is 8.31. The average Bonchev–Trinajstić information content (AvgIpc) is 2.23. The highest BCUT2D eigenvalue weighted by molar-refractivity contribution is 5.79. The van der Waals surface area contributed by atoms with Crippen LogP contribution in [0.1, 0.15) is 53.9 Å². The number of carbonyl (C=O) groups excluding carboxylic acids is 1. The first-order valence-corrected chi connectivity index (χ1v) is 7.29. The molecule has 1 amide bonds. The van der Waals surface area contributed by atoms with Crippen LogP contribution in [0.15, 0.2) is 0 Å². The normalized spacial score (nSPS) is 30.3. The zero-order valence-corrected chi connectivity index (χ0v) is 12.5. The summed E-state index contributed by atoms with van der Waals surface area (Å²) in [4.78, 5) is 14.4. The Kier molecular flexibility index (Phi) is 5.64. The Bertz CT molecular complexity index is 266. The molecule has 18 heavy (non-hydrogen) atoms. The van der Waals surface area contributed by atoms with Gasteiger partial charge in [-0.25, -0.2) is 0 Å². The fourth-order valence-corrected chi connectivity index (χ4v) is 3.22. The van der Waals surface area contributed by atoms with Gasteiger partial charge in [0, 0.05) is 18.5 Å². The van der Waals surface area contributed by atoms with Crippen LogP contribution in [0.25, 0.3) is 0 Å². The van der Waals surface area contributed by atoms with Gasteiger partial charge in [-0.05, 0) is 51.9 Å². The highest BCUT2D eigenvalue weighted by Gasteiger charge is 2.32. The van der Waals surface area contributed by atoms with Gasteiger partial charge in [0.2, 0.25) is 5.91 Å². The van der Waals surface area contributed by atoms with Crippen molar-refractivity contribution in [3.8, 4) is 0 Å². The molecule has 3 unspecified atom stereocenters. The molecule has 0 aromatic heterocycles. The zero-order chi connectivity index (χ0) is 13.9. The number of hydrogen-bond acceptors (Lipinski definition) is 2. The molecule has 3 atom stereocenters. The molecule has 0 aromatic rings. The zero-order valence-electron chi connectivity index (χ0n) is 12.5. The molecular formula is C15H29NO2. The Morgan fingerprint density at radius 2 is 1.67 bits per heavy atom. The maximum absolute atomic E-state index is 12.6. The predicted octanol–water partition coefficient (Wildman–Crippen LogP) is 2.68. The summed E-state index contributed by atoms with van der Waals surface area (Å²) in [7, 11) is 0. The number of nitrogens with zero attached hydrogens (tertiary/aromatic N) is 1. The van der Waals surface area contributed by atoms with Crippen LogP contribution in [0, 0.1) is 17.8 Å². The third-order valence-electron chi connectivity index (χ3n) is 3.90. The second kappa shape index (κ2) is 6.55. The molecule has 1 aliphatic carbocycles. The average molecular weight is 255 g/mol. The van der Waals surface area contributed by atoms with Crippen LogP contribution < -0.4 is 0 Å². The van der Waals surface area contributed by atoms with Crippen LogP contribution in [0.2, 0.25) is 0 Å². The number of carbonyl (C=O) groups is 1. The molecular weight excluding hydrogens is 226 g/mol. The second-order valence-electron chi connectivity index (χ2n) is 6.55. The lowest BCUT2D eigenvalue weighted by Crippen LogP contribution is -2.45. The Hall–Kier alpha value is -0.570. The lowest BCUT2D eigenvalue weighted by molar-refractivity contribution is -0.140. The topological polar surface area (TPSA) is 40.5 Å². The summed E-state index contributed by atoms with van der Waals surface area (Å²) in [5.41, 5.74) is 0. The quantitative estimate of drug-likeness (QED) is 0.839. The summed E-state index contributed by atoms with van der Waals surface area (Å²) in [5.74, 6) is 1.68. The van der Waals surface area contributed by atoms with Crippen molar-refractivity contribution in [3.05, 3.63) is 0 Å². The van der Waals surface area contributed by atoms with Crippen molar-refractivity contribution < 1.29 is 9.90 Å². The molecule has 0 aromatic carbocycles. The first-order valence-electron chi connectivity index (χ1n) is 7.29. The molecule has 1 saturated carbocycles. The van der Waals surface area contributed by atoms with E-state index in [-0.39, 0.29) is 17.9 Å². The highest BCUT2D eigenvalue weighted by atomic mass is 16.3. The molecule has 0 bridgehead atoms. The van der Waals surface area contributed by atoms with Gasteiger partial charge in [-0.3, -0.25) is 4.79 Å². The van der Waals surface area contributed by atoms with Gasteiger partial charge in [0.05, 0.1) is 6.10 Å². The predicted molar refractivity (Wildman–Crippen MR) is 74.2 cm³/mol. The number of aliphatic hydroxyl groups excluding tert-OH is 1. The Labute approximate surface area is 112 Å². The van der Waals surface area contributed by atoms with Crippen LogP contribution in [-0.4, -0.2) is 34.6 Å². The first kappa shape index (κ1) is 15.5. The van der Waals surface area contributed by atoms with Crippen LogP contribution in [-0.2, 0) is 4.79 Å². The summed E-state index contributed by atoms with van der Waals surface area (Å²) in [5, 5.41) is 9.53. The molecule has 1 N–H and O–H groups in total. The minimum atomic E-state index is -0.449. The molecule has 0 radical (unpaired) electrons. The van der Waals surface area contributed by atoms with Gasteiger partial charge >= 0.3 is 0 Å². The molecule has 0 spiro atoms. The molecule has 1 fully saturated rings. The molecule has 106 valence electrons. The summed E-state index contributed by atoms with van der Waals surface area (Å²) >= 11 is 0. The molecule has 0 heterocycles. The Morgan fingerprint density at radius 1 is 1.17 bits per heavy atom. The van der Waals surface area contributed by atoms with E-state index in [1.165, 1.54) is 6.42 Å². The molecule has 3 heteroatoms.